The fourth-order valence-corrected chi connectivity index (χ4v) is 8.65. The molecule has 9 aromatic carbocycles. The van der Waals surface area contributed by atoms with Crippen LogP contribution in [0.2, 0.25) is 0 Å². The quantitative estimate of drug-likeness (QED) is 0.166. The Hall–Kier alpha value is -7.62. The maximum Gasteiger partial charge on any atom is 0.143 e. The number of fused-ring (bicyclic) bond motifs is 4. The van der Waals surface area contributed by atoms with Crippen molar-refractivity contribution in [1.29, 1.82) is 0 Å². The molecular formula is C54H32N2O. The molecule has 12 aromatic rings. The van der Waals surface area contributed by atoms with Crippen LogP contribution < -0.4 is 0 Å². The third-order valence-electron chi connectivity index (χ3n) is 11.2. The van der Waals surface area contributed by atoms with Gasteiger partial charge in [0.2, 0.25) is 0 Å². The summed E-state index contributed by atoms with van der Waals surface area (Å²) in [5.74, 6) is 0.759. The van der Waals surface area contributed by atoms with Crippen molar-refractivity contribution in [1.82, 2.24) is 9.97 Å². The average Bonchev–Trinajstić information content (AvgIpc) is 3.72. The second-order valence-electron chi connectivity index (χ2n) is 14.4. The molecule has 12 rings (SSSR count). The van der Waals surface area contributed by atoms with Gasteiger partial charge in [0.25, 0.3) is 0 Å². The molecule has 0 bridgehead atoms. The fourth-order valence-electron chi connectivity index (χ4n) is 8.65. The Morgan fingerprint density at radius 2 is 0.965 bits per heavy atom. The molecule has 3 nitrogen and oxygen atoms in total. The van der Waals surface area contributed by atoms with Crippen molar-refractivity contribution in [2.24, 2.45) is 0 Å². The first kappa shape index (κ1) is 26.2. The highest BCUT2D eigenvalue weighted by Crippen LogP contribution is 2.52. The minimum atomic E-state index is -0.457. The number of aromatic nitrogens is 2. The fraction of sp³-hybridized carbons (Fsp3) is 0. The third-order valence-corrected chi connectivity index (χ3v) is 11.2. The molecule has 3 heterocycles. The van der Waals surface area contributed by atoms with Crippen LogP contribution in [0.1, 0.15) is 8.22 Å². The van der Waals surface area contributed by atoms with Gasteiger partial charge in [0, 0.05) is 44.8 Å². The highest BCUT2D eigenvalue weighted by molar-refractivity contribution is 6.26. The number of pyridine rings is 2. The molecule has 3 heteroatoms. The summed E-state index contributed by atoms with van der Waals surface area (Å²) in [6.45, 7) is 0. The second-order valence-corrected chi connectivity index (χ2v) is 14.4. The number of nitrogens with zero attached hydrogens (tertiary/aromatic N) is 2. The number of rotatable bonds is 5. The van der Waals surface area contributed by atoms with E-state index in [9.17, 15) is 5.48 Å². The summed E-state index contributed by atoms with van der Waals surface area (Å²) in [7, 11) is 0. The molecule has 0 radical (unpaired) electrons. The molecule has 0 atom stereocenters. The molecular weight excluding hydrogens is 693 g/mol. The summed E-state index contributed by atoms with van der Waals surface area (Å²) >= 11 is 0. The van der Waals surface area contributed by atoms with Crippen molar-refractivity contribution in [3.05, 3.63) is 194 Å². The molecule has 3 aromatic heterocycles. The normalized spacial score (nSPS) is 13.3. The SMILES string of the molecule is [2H]c1c([2H])c([2H])c2c(-c3oc(-c4ccc5ccc6cccc7ccc4c5c67)c(-c4ccccc4)c3-c3ccccc3)c([2H])c([2H])c(-c3ccc4ccc5cccnc5c4n3)c2c1[2H]. The van der Waals surface area contributed by atoms with Crippen molar-refractivity contribution in [2.45, 2.75) is 0 Å². The van der Waals surface area contributed by atoms with Gasteiger partial charge in [-0.05, 0) is 78.5 Å². The molecule has 0 fully saturated rings. The van der Waals surface area contributed by atoms with Gasteiger partial charge in [-0.2, -0.15) is 0 Å². The lowest BCUT2D eigenvalue weighted by Gasteiger charge is -2.14. The van der Waals surface area contributed by atoms with E-state index in [0.29, 0.717) is 28.1 Å². The van der Waals surface area contributed by atoms with E-state index in [1.165, 1.54) is 0 Å². The lowest BCUT2D eigenvalue weighted by atomic mass is 9.87. The molecule has 0 aliphatic carbocycles. The van der Waals surface area contributed by atoms with Gasteiger partial charge in [-0.15, -0.1) is 0 Å². The van der Waals surface area contributed by atoms with Gasteiger partial charge in [0.15, 0.2) is 0 Å². The van der Waals surface area contributed by atoms with Gasteiger partial charge in [0.05, 0.1) is 25.0 Å². The van der Waals surface area contributed by atoms with Crippen LogP contribution >= 0.6 is 0 Å². The highest BCUT2D eigenvalue weighted by Gasteiger charge is 2.28. The zero-order valence-electron chi connectivity index (χ0n) is 36.3. The first-order chi connectivity index (χ1) is 30.8. The lowest BCUT2D eigenvalue weighted by Crippen LogP contribution is -1.91. The third kappa shape index (κ3) is 4.86. The average molecular weight is 731 g/mol. The summed E-state index contributed by atoms with van der Waals surface area (Å²) in [4.78, 5) is 9.65. The molecule has 0 saturated carbocycles. The Balaban J connectivity index is 1.24. The molecule has 0 unspecified atom stereocenters. The van der Waals surface area contributed by atoms with Crippen LogP contribution in [0, 0.1) is 0 Å². The molecule has 0 saturated heterocycles. The van der Waals surface area contributed by atoms with Gasteiger partial charge in [-0.1, -0.05) is 164 Å². The largest absolute Gasteiger partial charge is 0.455 e. The number of benzene rings is 9. The Bertz CT molecular complexity index is 3850. The van der Waals surface area contributed by atoms with Crippen molar-refractivity contribution in [2.75, 3.05) is 0 Å². The smallest absolute Gasteiger partial charge is 0.143 e. The van der Waals surface area contributed by atoms with Gasteiger partial charge < -0.3 is 4.42 Å². The molecule has 0 aliphatic rings. The first-order valence-electron chi connectivity index (χ1n) is 21.9. The maximum atomic E-state index is 9.97. The molecule has 57 heavy (non-hydrogen) atoms. The maximum absolute atomic E-state index is 9.97. The minimum Gasteiger partial charge on any atom is -0.455 e. The Kier molecular flexibility index (Phi) is 5.73. The summed E-state index contributed by atoms with van der Waals surface area (Å²) in [5.41, 5.74) is 5.61. The second kappa shape index (κ2) is 12.5. The van der Waals surface area contributed by atoms with E-state index >= 15 is 0 Å². The summed E-state index contributed by atoms with van der Waals surface area (Å²) in [6.07, 6.45) is 1.70. The van der Waals surface area contributed by atoms with Crippen molar-refractivity contribution in [3.8, 4) is 56.2 Å². The predicted octanol–water partition coefficient (Wildman–Crippen LogP) is 14.8. The van der Waals surface area contributed by atoms with Gasteiger partial charge >= 0.3 is 0 Å². The Morgan fingerprint density at radius 3 is 1.70 bits per heavy atom. The number of hydrogen-bond donors (Lipinski definition) is 0. The first-order valence-corrected chi connectivity index (χ1v) is 18.9. The number of hydrogen-bond acceptors (Lipinski definition) is 3. The lowest BCUT2D eigenvalue weighted by molar-refractivity contribution is 0.600. The van der Waals surface area contributed by atoms with E-state index in [1.54, 1.807) is 12.3 Å². The Morgan fingerprint density at radius 1 is 0.404 bits per heavy atom. The van der Waals surface area contributed by atoms with Crippen LogP contribution in [0.15, 0.2) is 199 Å². The standard InChI is InChI=1S/C54H32N2O/c1-3-11-33(12-4-1)49-50(34-13-5-2-6-14-34)54(45-28-25-37-21-20-35-15-9-16-36-24-27-43(45)48(37)47(35)36)57-53(49)44-30-29-42(40-18-7-8-19-41(40)44)46-31-26-39-23-22-38-17-10-32-55-51(38)52(39)56-46/h1-32H/i7D,8D,18D,19D,29D,30D. The molecule has 0 N–H and O–H groups in total. The number of furan rings is 1. The topological polar surface area (TPSA) is 38.9 Å². The van der Waals surface area contributed by atoms with Crippen LogP contribution in [0.25, 0.3) is 121 Å². The van der Waals surface area contributed by atoms with Crippen LogP contribution in [0.4, 0.5) is 0 Å². The minimum absolute atomic E-state index is 0.0717. The van der Waals surface area contributed by atoms with Crippen LogP contribution in [-0.4, -0.2) is 9.97 Å². The molecule has 0 spiro atoms. The van der Waals surface area contributed by atoms with Crippen LogP contribution in [0.3, 0.4) is 0 Å². The molecule has 0 amide bonds. The Labute approximate surface area is 336 Å². The van der Waals surface area contributed by atoms with Crippen LogP contribution in [-0.2, 0) is 0 Å². The zero-order valence-corrected chi connectivity index (χ0v) is 30.3. The van der Waals surface area contributed by atoms with E-state index < -0.39 is 12.1 Å². The summed E-state index contributed by atoms with van der Waals surface area (Å²) < 4.78 is 64.0. The van der Waals surface area contributed by atoms with E-state index in [0.717, 1.165) is 65.3 Å². The summed E-state index contributed by atoms with van der Waals surface area (Å²) in [6, 6.07) is 48.0. The van der Waals surface area contributed by atoms with Crippen molar-refractivity contribution < 1.29 is 12.6 Å². The van der Waals surface area contributed by atoms with E-state index in [2.05, 4.69) is 59.6 Å². The van der Waals surface area contributed by atoms with E-state index in [4.69, 9.17) is 12.1 Å². The summed E-state index contributed by atoms with van der Waals surface area (Å²) in [5, 5.41) is 8.44. The monoisotopic (exact) mass is 730 g/mol. The van der Waals surface area contributed by atoms with Gasteiger partial charge in [0.1, 0.15) is 11.5 Å². The predicted molar refractivity (Wildman–Crippen MR) is 238 cm³/mol. The molecule has 264 valence electrons. The zero-order chi connectivity index (χ0) is 42.7. The van der Waals surface area contributed by atoms with Crippen molar-refractivity contribution in [3.63, 3.8) is 0 Å². The van der Waals surface area contributed by atoms with Crippen molar-refractivity contribution >= 4 is 64.9 Å². The van der Waals surface area contributed by atoms with Crippen LogP contribution in [0.5, 0.6) is 0 Å². The molecule has 0 aliphatic heterocycles. The highest BCUT2D eigenvalue weighted by atomic mass is 16.3. The van der Waals surface area contributed by atoms with Gasteiger partial charge in [-0.25, -0.2) is 4.98 Å². The van der Waals surface area contributed by atoms with Gasteiger partial charge in [-0.3, -0.25) is 4.98 Å². The van der Waals surface area contributed by atoms with E-state index in [1.807, 2.05) is 91.0 Å². The van der Waals surface area contributed by atoms with E-state index in [-0.39, 0.29) is 51.8 Å².